The molecule has 2 aromatic carbocycles. The molecule has 0 bridgehead atoms. The molecule has 0 aliphatic carbocycles. The molecule has 39 heavy (non-hydrogen) atoms. The minimum atomic E-state index is -0.135. The van der Waals surface area contributed by atoms with Crippen LogP contribution in [0, 0.1) is 11.3 Å². The average molecular weight is 524 g/mol. The van der Waals surface area contributed by atoms with Crippen molar-refractivity contribution in [1.29, 1.82) is 5.41 Å². The van der Waals surface area contributed by atoms with E-state index in [9.17, 15) is 9.59 Å². The molecule has 200 valence electrons. The smallest absolute Gasteiger partial charge is 0.251 e. The third-order valence-corrected chi connectivity index (χ3v) is 7.19. The lowest BCUT2D eigenvalue weighted by molar-refractivity contribution is -0.125. The number of aromatic nitrogens is 2. The summed E-state index contributed by atoms with van der Waals surface area (Å²) in [7, 11) is 0. The second kappa shape index (κ2) is 11.9. The molecule has 0 atom stereocenters. The predicted octanol–water partition coefficient (Wildman–Crippen LogP) is 3.10. The number of nitrogen functional groups attached to an aromatic ring is 1. The number of aromatic amines is 1. The molecule has 4 aromatic rings. The van der Waals surface area contributed by atoms with Crippen LogP contribution in [0.4, 0.5) is 0 Å². The maximum atomic E-state index is 12.7. The van der Waals surface area contributed by atoms with Crippen molar-refractivity contribution >= 4 is 28.6 Å². The Morgan fingerprint density at radius 3 is 2.56 bits per heavy atom. The van der Waals surface area contributed by atoms with Crippen molar-refractivity contribution in [2.75, 3.05) is 19.6 Å². The number of pyridine rings is 1. The van der Waals surface area contributed by atoms with E-state index in [0.29, 0.717) is 30.6 Å². The zero-order chi connectivity index (χ0) is 27.2. The molecular weight excluding hydrogens is 490 g/mol. The summed E-state index contributed by atoms with van der Waals surface area (Å²) in [4.78, 5) is 32.7. The fraction of sp³-hybridized carbons (Fsp3) is 0.267. The third-order valence-electron chi connectivity index (χ3n) is 7.19. The van der Waals surface area contributed by atoms with Crippen LogP contribution in [0.3, 0.4) is 0 Å². The number of amidine groups is 1. The monoisotopic (exact) mass is 523 g/mol. The molecule has 0 radical (unpaired) electrons. The number of rotatable bonds is 9. The maximum absolute atomic E-state index is 12.7. The largest absolute Gasteiger partial charge is 0.384 e. The van der Waals surface area contributed by atoms with Crippen molar-refractivity contribution in [1.82, 2.24) is 25.9 Å². The second-order valence-corrected chi connectivity index (χ2v) is 9.86. The van der Waals surface area contributed by atoms with Gasteiger partial charge in [0, 0.05) is 46.9 Å². The molecule has 1 fully saturated rings. The van der Waals surface area contributed by atoms with Gasteiger partial charge < -0.3 is 26.7 Å². The van der Waals surface area contributed by atoms with Crippen LogP contribution in [0.5, 0.6) is 0 Å². The molecule has 0 spiro atoms. The normalized spacial score (nSPS) is 13.7. The lowest BCUT2D eigenvalue weighted by Gasteiger charge is -2.21. The van der Waals surface area contributed by atoms with E-state index < -0.39 is 0 Å². The topological polar surface area (TPSA) is 149 Å². The van der Waals surface area contributed by atoms with Gasteiger partial charge in [-0.25, -0.2) is 0 Å². The second-order valence-electron chi connectivity index (χ2n) is 9.86. The van der Waals surface area contributed by atoms with Gasteiger partial charge in [-0.2, -0.15) is 0 Å². The minimum Gasteiger partial charge on any atom is -0.384 e. The summed E-state index contributed by atoms with van der Waals surface area (Å²) < 4.78 is 0. The average Bonchev–Trinajstić information content (AvgIpc) is 3.40. The van der Waals surface area contributed by atoms with Crippen LogP contribution in [0.2, 0.25) is 0 Å². The van der Waals surface area contributed by atoms with Gasteiger partial charge in [-0.15, -0.1) is 0 Å². The lowest BCUT2D eigenvalue weighted by Crippen LogP contribution is -2.37. The number of piperidine rings is 1. The standard InChI is InChI=1S/C30H33N7O2/c31-28(32)26-18-36-27-6-1-19(15-25(26)27)7-13-35-29(38)21-4-2-20(3-5-21)23-10-14-34-24(16-23)17-37-30(39)22-8-11-33-12-9-22/h1-6,10,14-16,18,22,33,36H,7-9,11-13,17H2,(H3,31,32)(H,35,38)(H,37,39). The Bertz CT molecular complexity index is 1490. The number of fused-ring (bicyclic) bond motifs is 1. The summed E-state index contributed by atoms with van der Waals surface area (Å²) in [5.41, 5.74) is 11.7. The summed E-state index contributed by atoms with van der Waals surface area (Å²) in [6, 6.07) is 17.3. The maximum Gasteiger partial charge on any atom is 0.251 e. The van der Waals surface area contributed by atoms with Crippen LogP contribution in [0.15, 0.2) is 67.0 Å². The highest BCUT2D eigenvalue weighted by Gasteiger charge is 2.20. The van der Waals surface area contributed by atoms with Gasteiger partial charge >= 0.3 is 0 Å². The highest BCUT2D eigenvalue weighted by molar-refractivity contribution is 6.07. The van der Waals surface area contributed by atoms with Crippen LogP contribution in [-0.2, 0) is 17.8 Å². The van der Waals surface area contributed by atoms with E-state index in [1.165, 1.54) is 0 Å². The fourth-order valence-electron chi connectivity index (χ4n) is 4.94. The van der Waals surface area contributed by atoms with Gasteiger partial charge in [0.2, 0.25) is 5.91 Å². The quantitative estimate of drug-likeness (QED) is 0.147. The van der Waals surface area contributed by atoms with Crippen molar-refractivity contribution in [3.63, 3.8) is 0 Å². The van der Waals surface area contributed by atoms with Crippen LogP contribution < -0.4 is 21.7 Å². The Morgan fingerprint density at radius 2 is 1.79 bits per heavy atom. The molecule has 9 nitrogen and oxygen atoms in total. The Hall–Kier alpha value is -4.50. The molecule has 2 aromatic heterocycles. The molecule has 1 aliphatic rings. The first-order valence-electron chi connectivity index (χ1n) is 13.2. The number of benzene rings is 2. The third kappa shape index (κ3) is 6.32. The summed E-state index contributed by atoms with van der Waals surface area (Å²) in [6.45, 7) is 2.65. The van der Waals surface area contributed by atoms with Gasteiger partial charge in [0.1, 0.15) is 5.84 Å². The first kappa shape index (κ1) is 26.1. The van der Waals surface area contributed by atoms with Crippen molar-refractivity contribution in [3.05, 3.63) is 89.4 Å². The molecule has 5 rings (SSSR count). The molecule has 3 heterocycles. The lowest BCUT2D eigenvalue weighted by atomic mass is 9.97. The van der Waals surface area contributed by atoms with Gasteiger partial charge in [0.25, 0.3) is 5.91 Å². The Balaban J connectivity index is 1.14. The van der Waals surface area contributed by atoms with Gasteiger partial charge in [0.05, 0.1) is 12.2 Å². The van der Waals surface area contributed by atoms with E-state index in [4.69, 9.17) is 11.1 Å². The molecular formula is C30H33N7O2. The fourth-order valence-corrected chi connectivity index (χ4v) is 4.94. The number of hydrogen-bond acceptors (Lipinski definition) is 5. The number of hydrogen-bond donors (Lipinski definition) is 6. The number of carbonyl (C=O) groups excluding carboxylic acids is 2. The Labute approximate surface area is 227 Å². The number of nitrogens with zero attached hydrogens (tertiary/aromatic N) is 1. The predicted molar refractivity (Wildman–Crippen MR) is 152 cm³/mol. The highest BCUT2D eigenvalue weighted by Crippen LogP contribution is 2.21. The zero-order valence-corrected chi connectivity index (χ0v) is 21.7. The molecule has 2 amide bonds. The summed E-state index contributed by atoms with van der Waals surface area (Å²) in [6.07, 6.45) is 5.88. The molecule has 0 saturated carbocycles. The number of carbonyl (C=O) groups is 2. The van der Waals surface area contributed by atoms with Crippen molar-refractivity contribution in [2.24, 2.45) is 11.7 Å². The van der Waals surface area contributed by atoms with Gasteiger partial charge in [-0.1, -0.05) is 18.2 Å². The van der Waals surface area contributed by atoms with E-state index in [0.717, 1.165) is 59.2 Å². The van der Waals surface area contributed by atoms with Crippen molar-refractivity contribution in [3.8, 4) is 11.1 Å². The number of nitrogens with two attached hydrogens (primary N) is 1. The molecule has 1 aliphatic heterocycles. The van der Waals surface area contributed by atoms with Gasteiger partial charge in [-0.05, 0) is 85.4 Å². The van der Waals surface area contributed by atoms with Crippen LogP contribution >= 0.6 is 0 Å². The first-order valence-corrected chi connectivity index (χ1v) is 13.2. The Kier molecular flexibility index (Phi) is 7.98. The molecule has 1 saturated heterocycles. The molecule has 0 unspecified atom stereocenters. The van der Waals surface area contributed by atoms with Gasteiger partial charge in [-0.3, -0.25) is 20.0 Å². The highest BCUT2D eigenvalue weighted by atomic mass is 16.2. The Morgan fingerprint density at radius 1 is 1.00 bits per heavy atom. The molecule has 9 heteroatoms. The molecule has 7 N–H and O–H groups in total. The van der Waals surface area contributed by atoms with E-state index >= 15 is 0 Å². The summed E-state index contributed by atoms with van der Waals surface area (Å²) in [5, 5.41) is 17.9. The van der Waals surface area contributed by atoms with Crippen LogP contribution in [0.1, 0.15) is 40.0 Å². The van der Waals surface area contributed by atoms with Crippen molar-refractivity contribution in [2.45, 2.75) is 25.8 Å². The summed E-state index contributed by atoms with van der Waals surface area (Å²) in [5.74, 6) is 0.0442. The van der Waals surface area contributed by atoms with E-state index in [-0.39, 0.29) is 23.6 Å². The number of nitrogens with one attached hydrogen (secondary N) is 5. The van der Waals surface area contributed by atoms with E-state index in [1.54, 1.807) is 12.4 Å². The first-order chi connectivity index (χ1) is 19.0. The van der Waals surface area contributed by atoms with Crippen LogP contribution in [0.25, 0.3) is 22.0 Å². The summed E-state index contributed by atoms with van der Waals surface area (Å²) >= 11 is 0. The zero-order valence-electron chi connectivity index (χ0n) is 21.7. The van der Waals surface area contributed by atoms with Crippen LogP contribution in [-0.4, -0.2) is 47.3 Å². The van der Waals surface area contributed by atoms with E-state index in [2.05, 4.69) is 25.9 Å². The SMILES string of the molecule is N=C(N)c1c[nH]c2ccc(CCNC(=O)c3ccc(-c4ccnc(CNC(=O)C5CCNCC5)c4)cc3)cc12. The number of H-pyrrole nitrogens is 1. The minimum absolute atomic E-state index is 0.0255. The van der Waals surface area contributed by atoms with Crippen molar-refractivity contribution < 1.29 is 9.59 Å². The number of amides is 2. The van der Waals surface area contributed by atoms with E-state index in [1.807, 2.05) is 54.6 Å². The van der Waals surface area contributed by atoms with Gasteiger partial charge in [0.15, 0.2) is 0 Å².